The first-order valence-corrected chi connectivity index (χ1v) is 6.76. The van der Waals surface area contributed by atoms with Crippen LogP contribution in [0.3, 0.4) is 0 Å². The van der Waals surface area contributed by atoms with Gasteiger partial charge >= 0.3 is 5.97 Å². The maximum Gasteiger partial charge on any atom is 0.324 e. The minimum absolute atomic E-state index is 0.203. The fourth-order valence-electron chi connectivity index (χ4n) is 3.24. The molecule has 2 rings (SSSR count). The largest absolute Gasteiger partial charge is 0.458 e. The molecule has 3 atom stereocenters. The monoisotopic (exact) mass is 252 g/mol. The van der Waals surface area contributed by atoms with Crippen molar-refractivity contribution < 1.29 is 19.1 Å². The van der Waals surface area contributed by atoms with Gasteiger partial charge < -0.3 is 4.74 Å². The highest BCUT2D eigenvalue weighted by Crippen LogP contribution is 2.41. The molecule has 1 aliphatic heterocycles. The van der Waals surface area contributed by atoms with Crippen molar-refractivity contribution in [3.8, 4) is 0 Å². The number of rotatable bonds is 2. The molecule has 1 saturated carbocycles. The summed E-state index contributed by atoms with van der Waals surface area (Å²) in [6.45, 7) is 3.78. The van der Waals surface area contributed by atoms with Crippen LogP contribution in [0.25, 0.3) is 0 Å². The Balaban J connectivity index is 2.16. The molecule has 0 bridgehead atoms. The molecule has 0 aromatic carbocycles. The van der Waals surface area contributed by atoms with Crippen molar-refractivity contribution in [3.05, 3.63) is 0 Å². The highest BCUT2D eigenvalue weighted by Gasteiger charge is 2.50. The number of esters is 1. The van der Waals surface area contributed by atoms with Crippen LogP contribution in [0.1, 0.15) is 52.4 Å². The van der Waals surface area contributed by atoms with Gasteiger partial charge in [0.05, 0.1) is 0 Å². The molecule has 1 spiro atoms. The molecule has 18 heavy (non-hydrogen) atoms. The van der Waals surface area contributed by atoms with Crippen molar-refractivity contribution in [1.29, 1.82) is 0 Å². The Morgan fingerprint density at radius 3 is 2.72 bits per heavy atom. The number of carbonyl (C=O) groups excluding carboxylic acids is 3. The van der Waals surface area contributed by atoms with Crippen LogP contribution in [0.5, 0.6) is 0 Å². The molecule has 0 N–H and O–H groups in total. The first-order valence-electron chi connectivity index (χ1n) is 6.76. The quantitative estimate of drug-likeness (QED) is 0.557. The standard InChI is InChI=1S/C14H20O4/c1-3-10(15)12-11(16)8-14(18-13(12)17)6-4-5-9(2)7-14/h9,12H,3-8H2,1-2H3. The predicted octanol–water partition coefficient (Wildman–Crippen LogP) is 2.05. The van der Waals surface area contributed by atoms with E-state index in [1.807, 2.05) is 0 Å². The molecule has 4 heteroatoms. The SMILES string of the molecule is CCC(=O)C1C(=O)CC2(CCCC(C)C2)OC1=O. The normalized spacial score (nSPS) is 36.6. The smallest absolute Gasteiger partial charge is 0.324 e. The van der Waals surface area contributed by atoms with E-state index in [4.69, 9.17) is 4.74 Å². The van der Waals surface area contributed by atoms with Crippen LogP contribution in [0, 0.1) is 11.8 Å². The van der Waals surface area contributed by atoms with Gasteiger partial charge in [0, 0.05) is 12.8 Å². The summed E-state index contributed by atoms with van der Waals surface area (Å²) < 4.78 is 5.51. The van der Waals surface area contributed by atoms with E-state index in [9.17, 15) is 14.4 Å². The summed E-state index contributed by atoms with van der Waals surface area (Å²) in [5.74, 6) is -1.86. The van der Waals surface area contributed by atoms with Crippen molar-refractivity contribution in [2.75, 3.05) is 0 Å². The van der Waals surface area contributed by atoms with Crippen LogP contribution < -0.4 is 0 Å². The Hall–Kier alpha value is -1.19. The maximum absolute atomic E-state index is 12.1. The third-order valence-corrected chi connectivity index (χ3v) is 4.09. The topological polar surface area (TPSA) is 60.4 Å². The summed E-state index contributed by atoms with van der Waals surface area (Å²) in [6, 6.07) is 0. The van der Waals surface area contributed by atoms with Crippen molar-refractivity contribution in [2.24, 2.45) is 11.8 Å². The molecule has 0 aromatic heterocycles. The molecule has 2 fully saturated rings. The summed E-state index contributed by atoms with van der Waals surface area (Å²) in [4.78, 5) is 35.6. The zero-order valence-electron chi connectivity index (χ0n) is 11.0. The van der Waals surface area contributed by atoms with Gasteiger partial charge in [0.15, 0.2) is 17.5 Å². The van der Waals surface area contributed by atoms with Gasteiger partial charge in [-0.2, -0.15) is 0 Å². The Morgan fingerprint density at radius 1 is 1.44 bits per heavy atom. The summed E-state index contributed by atoms with van der Waals surface area (Å²) in [5.41, 5.74) is -0.615. The van der Waals surface area contributed by atoms with Gasteiger partial charge in [-0.25, -0.2) is 0 Å². The van der Waals surface area contributed by atoms with Crippen LogP contribution in [0.2, 0.25) is 0 Å². The Labute approximate surface area is 107 Å². The molecule has 2 aliphatic rings. The molecule has 4 nitrogen and oxygen atoms in total. The van der Waals surface area contributed by atoms with Crippen LogP contribution in [0.4, 0.5) is 0 Å². The van der Waals surface area contributed by atoms with E-state index in [2.05, 4.69) is 6.92 Å². The van der Waals surface area contributed by atoms with Crippen molar-refractivity contribution in [2.45, 2.75) is 58.0 Å². The highest BCUT2D eigenvalue weighted by atomic mass is 16.6. The highest BCUT2D eigenvalue weighted by molar-refractivity contribution is 6.18. The zero-order chi connectivity index (χ0) is 13.3. The van der Waals surface area contributed by atoms with Crippen molar-refractivity contribution >= 4 is 17.5 Å². The number of carbonyl (C=O) groups is 3. The number of ether oxygens (including phenoxy) is 1. The first-order chi connectivity index (χ1) is 8.47. The molecular formula is C14H20O4. The molecule has 0 amide bonds. The fraction of sp³-hybridized carbons (Fsp3) is 0.786. The van der Waals surface area contributed by atoms with E-state index >= 15 is 0 Å². The molecule has 1 aliphatic carbocycles. The van der Waals surface area contributed by atoms with E-state index in [0.717, 1.165) is 25.7 Å². The van der Waals surface area contributed by atoms with Gasteiger partial charge in [-0.3, -0.25) is 14.4 Å². The van der Waals surface area contributed by atoms with E-state index in [1.165, 1.54) is 0 Å². The lowest BCUT2D eigenvalue weighted by Gasteiger charge is -2.42. The lowest BCUT2D eigenvalue weighted by Crippen LogP contribution is -2.51. The second-order valence-electron chi connectivity index (χ2n) is 5.70. The Bertz CT molecular complexity index is 367. The minimum atomic E-state index is -1.15. The van der Waals surface area contributed by atoms with Gasteiger partial charge in [0.1, 0.15) is 5.60 Å². The lowest BCUT2D eigenvalue weighted by atomic mass is 9.73. The summed E-state index contributed by atoms with van der Waals surface area (Å²) in [5, 5.41) is 0. The Morgan fingerprint density at radius 2 is 2.17 bits per heavy atom. The average molecular weight is 252 g/mol. The van der Waals surface area contributed by atoms with Gasteiger partial charge in [-0.15, -0.1) is 0 Å². The molecule has 3 unspecified atom stereocenters. The van der Waals surface area contributed by atoms with Crippen molar-refractivity contribution in [3.63, 3.8) is 0 Å². The van der Waals surface area contributed by atoms with Crippen LogP contribution >= 0.6 is 0 Å². The number of hydrogen-bond donors (Lipinski definition) is 0. The van der Waals surface area contributed by atoms with Gasteiger partial charge in [-0.05, 0) is 25.2 Å². The average Bonchev–Trinajstić information content (AvgIpc) is 2.27. The molecule has 1 saturated heterocycles. The molecule has 100 valence electrons. The Kier molecular flexibility index (Phi) is 3.55. The molecule has 0 aromatic rings. The second kappa shape index (κ2) is 4.82. The van der Waals surface area contributed by atoms with Crippen molar-refractivity contribution in [1.82, 2.24) is 0 Å². The summed E-state index contributed by atoms with van der Waals surface area (Å²) in [6.07, 6.45) is 4.02. The summed E-state index contributed by atoms with van der Waals surface area (Å²) >= 11 is 0. The fourth-order valence-corrected chi connectivity index (χ4v) is 3.24. The third kappa shape index (κ3) is 2.33. The molecule has 0 radical (unpaired) electrons. The molecular weight excluding hydrogens is 232 g/mol. The lowest BCUT2D eigenvalue weighted by molar-refractivity contribution is -0.183. The first kappa shape index (κ1) is 13.2. The van der Waals surface area contributed by atoms with Crippen LogP contribution in [-0.2, 0) is 19.1 Å². The van der Waals surface area contributed by atoms with E-state index in [-0.39, 0.29) is 24.4 Å². The van der Waals surface area contributed by atoms with Gasteiger partial charge in [0.2, 0.25) is 0 Å². The summed E-state index contributed by atoms with van der Waals surface area (Å²) in [7, 11) is 0. The van der Waals surface area contributed by atoms with Gasteiger partial charge in [0.25, 0.3) is 0 Å². The van der Waals surface area contributed by atoms with Gasteiger partial charge in [-0.1, -0.05) is 20.3 Å². The van der Waals surface area contributed by atoms with Crippen LogP contribution in [-0.4, -0.2) is 23.1 Å². The second-order valence-corrected chi connectivity index (χ2v) is 5.70. The van der Waals surface area contributed by atoms with E-state index < -0.39 is 17.5 Å². The number of ketones is 2. The minimum Gasteiger partial charge on any atom is -0.458 e. The predicted molar refractivity (Wildman–Crippen MR) is 64.9 cm³/mol. The van der Waals surface area contributed by atoms with E-state index in [0.29, 0.717) is 5.92 Å². The maximum atomic E-state index is 12.1. The zero-order valence-corrected chi connectivity index (χ0v) is 11.0. The van der Waals surface area contributed by atoms with Crippen LogP contribution in [0.15, 0.2) is 0 Å². The number of hydrogen-bond acceptors (Lipinski definition) is 4. The third-order valence-electron chi connectivity index (χ3n) is 4.09. The van der Waals surface area contributed by atoms with E-state index in [1.54, 1.807) is 6.92 Å². The number of Topliss-reactive ketones (excluding diaryl/α,β-unsaturated/α-hetero) is 2. The molecule has 1 heterocycles.